The van der Waals surface area contributed by atoms with E-state index >= 15 is 0 Å². The van der Waals surface area contributed by atoms with E-state index in [0.29, 0.717) is 18.7 Å². The predicted octanol–water partition coefficient (Wildman–Crippen LogP) is 3.51. The maximum Gasteiger partial charge on any atom is 0.335 e. The number of benzene rings is 2. The van der Waals surface area contributed by atoms with E-state index in [4.69, 9.17) is 14.6 Å². The fraction of sp³-hybridized carbons (Fsp3) is 0.350. The van der Waals surface area contributed by atoms with E-state index in [2.05, 4.69) is 11.4 Å². The molecule has 0 aliphatic heterocycles. The van der Waals surface area contributed by atoms with Gasteiger partial charge in [-0.3, -0.25) is 0 Å². The Morgan fingerprint density at radius 2 is 1.96 bits per heavy atom. The highest BCUT2D eigenvalue weighted by Crippen LogP contribution is 2.28. The quantitative estimate of drug-likeness (QED) is 0.646. The highest BCUT2D eigenvalue weighted by atomic mass is 16.5. The molecule has 134 valence electrons. The molecule has 0 spiro atoms. The molecule has 0 aromatic heterocycles. The Balaban J connectivity index is 1.78. The van der Waals surface area contributed by atoms with Crippen LogP contribution in [0.4, 0.5) is 0 Å². The first-order chi connectivity index (χ1) is 12.1. The van der Waals surface area contributed by atoms with Gasteiger partial charge in [-0.25, -0.2) is 4.79 Å². The van der Waals surface area contributed by atoms with Gasteiger partial charge >= 0.3 is 5.97 Å². The number of methoxy groups -OCH3 is 1. The molecule has 2 aromatic carbocycles. The lowest BCUT2D eigenvalue weighted by Crippen LogP contribution is -2.15. The van der Waals surface area contributed by atoms with Crippen molar-refractivity contribution >= 4 is 5.97 Å². The van der Waals surface area contributed by atoms with Crippen LogP contribution in [0.2, 0.25) is 0 Å². The number of nitrogens with one attached hydrogen (secondary N) is 1. The van der Waals surface area contributed by atoms with Gasteiger partial charge in [-0.15, -0.1) is 0 Å². The SMILES string of the molecule is CCOc1cc(CCCNCc2cccc(C(=O)O)c2)ccc1OC. The molecule has 0 unspecified atom stereocenters. The number of aryl methyl sites for hydroxylation is 1. The van der Waals surface area contributed by atoms with E-state index in [1.54, 1.807) is 25.3 Å². The van der Waals surface area contributed by atoms with E-state index in [1.165, 1.54) is 5.56 Å². The van der Waals surface area contributed by atoms with Crippen LogP contribution in [0.5, 0.6) is 11.5 Å². The highest BCUT2D eigenvalue weighted by Gasteiger charge is 2.06. The maximum absolute atomic E-state index is 11.0. The van der Waals surface area contributed by atoms with Gasteiger partial charge in [-0.1, -0.05) is 18.2 Å². The number of carboxylic acid groups (broad SMARTS) is 1. The number of hydrogen-bond acceptors (Lipinski definition) is 4. The van der Waals surface area contributed by atoms with Gasteiger partial charge in [-0.05, 0) is 61.7 Å². The van der Waals surface area contributed by atoms with Crippen LogP contribution in [0.3, 0.4) is 0 Å². The van der Waals surface area contributed by atoms with Gasteiger partial charge in [0.25, 0.3) is 0 Å². The zero-order chi connectivity index (χ0) is 18.1. The van der Waals surface area contributed by atoms with Crippen LogP contribution in [0, 0.1) is 0 Å². The molecule has 0 bridgehead atoms. The summed E-state index contributed by atoms with van der Waals surface area (Å²) in [4.78, 5) is 11.0. The summed E-state index contributed by atoms with van der Waals surface area (Å²) in [5, 5.41) is 12.4. The number of carbonyl (C=O) groups is 1. The molecule has 0 radical (unpaired) electrons. The summed E-state index contributed by atoms with van der Waals surface area (Å²) in [5.74, 6) is 0.634. The van der Waals surface area contributed by atoms with Gasteiger partial charge in [0.05, 0.1) is 19.3 Å². The van der Waals surface area contributed by atoms with Crippen molar-refractivity contribution in [2.24, 2.45) is 0 Å². The van der Waals surface area contributed by atoms with Gasteiger partial charge in [0.15, 0.2) is 11.5 Å². The second-order valence-corrected chi connectivity index (χ2v) is 5.70. The first-order valence-electron chi connectivity index (χ1n) is 8.46. The Hall–Kier alpha value is -2.53. The summed E-state index contributed by atoms with van der Waals surface area (Å²) < 4.78 is 10.9. The predicted molar refractivity (Wildman–Crippen MR) is 97.6 cm³/mol. The average Bonchev–Trinajstić information content (AvgIpc) is 2.62. The van der Waals surface area contributed by atoms with Crippen molar-refractivity contribution in [3.8, 4) is 11.5 Å². The summed E-state index contributed by atoms with van der Waals surface area (Å²) in [5.41, 5.74) is 2.50. The number of carboxylic acids is 1. The fourth-order valence-corrected chi connectivity index (χ4v) is 2.61. The van der Waals surface area contributed by atoms with Crippen LogP contribution < -0.4 is 14.8 Å². The van der Waals surface area contributed by atoms with Crippen molar-refractivity contribution in [3.05, 3.63) is 59.2 Å². The lowest BCUT2D eigenvalue weighted by Gasteiger charge is -2.11. The van der Waals surface area contributed by atoms with Crippen LogP contribution in [0.25, 0.3) is 0 Å². The summed E-state index contributed by atoms with van der Waals surface area (Å²) in [6.45, 7) is 4.08. The lowest BCUT2D eigenvalue weighted by atomic mass is 10.1. The second kappa shape index (κ2) is 9.69. The third kappa shape index (κ3) is 5.80. The minimum absolute atomic E-state index is 0.320. The van der Waals surface area contributed by atoms with Crippen LogP contribution in [-0.4, -0.2) is 31.3 Å². The Morgan fingerprint density at radius 3 is 2.68 bits per heavy atom. The molecule has 2 rings (SSSR count). The monoisotopic (exact) mass is 343 g/mol. The Bertz CT molecular complexity index is 700. The molecule has 0 fully saturated rings. The fourth-order valence-electron chi connectivity index (χ4n) is 2.61. The third-order valence-electron chi connectivity index (χ3n) is 3.85. The number of rotatable bonds is 10. The van der Waals surface area contributed by atoms with Crippen molar-refractivity contribution in [3.63, 3.8) is 0 Å². The molecule has 0 amide bonds. The van der Waals surface area contributed by atoms with Gasteiger partial charge in [-0.2, -0.15) is 0 Å². The molecule has 0 saturated carbocycles. The van der Waals surface area contributed by atoms with E-state index < -0.39 is 5.97 Å². The first-order valence-corrected chi connectivity index (χ1v) is 8.46. The van der Waals surface area contributed by atoms with E-state index in [-0.39, 0.29) is 0 Å². The van der Waals surface area contributed by atoms with Crippen LogP contribution in [0.1, 0.15) is 34.8 Å². The minimum atomic E-state index is -0.897. The topological polar surface area (TPSA) is 67.8 Å². The molecule has 0 saturated heterocycles. The van der Waals surface area contributed by atoms with Crippen LogP contribution in [0.15, 0.2) is 42.5 Å². The molecule has 0 aliphatic rings. The number of ether oxygens (including phenoxy) is 2. The molecule has 25 heavy (non-hydrogen) atoms. The molecule has 5 nitrogen and oxygen atoms in total. The normalized spacial score (nSPS) is 10.5. The summed E-state index contributed by atoms with van der Waals surface area (Å²) in [6, 6.07) is 13.0. The molecule has 5 heteroatoms. The second-order valence-electron chi connectivity index (χ2n) is 5.70. The van der Waals surface area contributed by atoms with Crippen molar-refractivity contribution in [2.45, 2.75) is 26.3 Å². The Morgan fingerprint density at radius 1 is 1.12 bits per heavy atom. The molecule has 0 atom stereocenters. The highest BCUT2D eigenvalue weighted by molar-refractivity contribution is 5.87. The van der Waals surface area contributed by atoms with Crippen LogP contribution in [-0.2, 0) is 13.0 Å². The molecule has 0 heterocycles. The van der Waals surface area contributed by atoms with Crippen molar-refractivity contribution < 1.29 is 19.4 Å². The van der Waals surface area contributed by atoms with Crippen LogP contribution >= 0.6 is 0 Å². The number of hydrogen-bond donors (Lipinski definition) is 2. The van der Waals surface area contributed by atoms with Crippen molar-refractivity contribution in [2.75, 3.05) is 20.3 Å². The minimum Gasteiger partial charge on any atom is -0.493 e. The molecule has 0 aliphatic carbocycles. The Kier molecular flexibility index (Phi) is 7.29. The van der Waals surface area contributed by atoms with Gasteiger partial charge in [0.2, 0.25) is 0 Å². The van der Waals surface area contributed by atoms with Gasteiger partial charge in [0.1, 0.15) is 0 Å². The molecule has 2 aromatic rings. The Labute approximate surface area is 148 Å². The maximum atomic E-state index is 11.0. The van der Waals surface area contributed by atoms with E-state index in [0.717, 1.165) is 36.4 Å². The standard InChI is InChI=1S/C20H25NO4/c1-3-25-19-13-15(9-10-18(19)24-2)7-5-11-21-14-16-6-4-8-17(12-16)20(22)23/h4,6,8-10,12-13,21H,3,5,7,11,14H2,1-2H3,(H,22,23). The zero-order valence-electron chi connectivity index (χ0n) is 14.7. The lowest BCUT2D eigenvalue weighted by molar-refractivity contribution is 0.0696. The molecular weight excluding hydrogens is 318 g/mol. The molecular formula is C20H25NO4. The van der Waals surface area contributed by atoms with Crippen molar-refractivity contribution in [1.82, 2.24) is 5.32 Å². The average molecular weight is 343 g/mol. The zero-order valence-corrected chi connectivity index (χ0v) is 14.7. The van der Waals surface area contributed by atoms with Gasteiger partial charge < -0.3 is 19.9 Å². The smallest absolute Gasteiger partial charge is 0.335 e. The molecule has 2 N–H and O–H groups in total. The van der Waals surface area contributed by atoms with E-state index in [9.17, 15) is 4.79 Å². The first kappa shape index (κ1) is 18.8. The van der Waals surface area contributed by atoms with E-state index in [1.807, 2.05) is 25.1 Å². The summed E-state index contributed by atoms with van der Waals surface area (Å²) in [7, 11) is 1.64. The summed E-state index contributed by atoms with van der Waals surface area (Å²) >= 11 is 0. The van der Waals surface area contributed by atoms with Crippen molar-refractivity contribution in [1.29, 1.82) is 0 Å². The third-order valence-corrected chi connectivity index (χ3v) is 3.85. The largest absolute Gasteiger partial charge is 0.493 e. The number of aromatic carboxylic acids is 1. The van der Waals surface area contributed by atoms with Gasteiger partial charge in [0, 0.05) is 6.54 Å². The summed E-state index contributed by atoms with van der Waals surface area (Å²) in [6.07, 6.45) is 1.92.